The Morgan fingerprint density at radius 2 is 1.24 bits per heavy atom. The van der Waals surface area contributed by atoms with E-state index in [0.29, 0.717) is 5.95 Å². The first-order valence-electron chi connectivity index (χ1n) is 19.0. The molecule has 2 aliphatic carbocycles. The summed E-state index contributed by atoms with van der Waals surface area (Å²) in [4.78, 5) is 10.6. The van der Waals surface area contributed by atoms with Gasteiger partial charge in [0.25, 0.3) is 0 Å². The van der Waals surface area contributed by atoms with Crippen LogP contribution in [0.3, 0.4) is 0 Å². The van der Waals surface area contributed by atoms with Crippen LogP contribution in [0.15, 0.2) is 158 Å². The largest absolute Gasteiger partial charge is 0.278 e. The molecule has 0 radical (unpaired) electrons. The lowest BCUT2D eigenvalue weighted by Crippen LogP contribution is -2.14. The third-order valence-corrected chi connectivity index (χ3v) is 11.9. The molecule has 3 heteroatoms. The molecule has 2 heterocycles. The van der Waals surface area contributed by atoms with Gasteiger partial charge >= 0.3 is 0 Å². The van der Waals surface area contributed by atoms with E-state index in [2.05, 4.69) is 182 Å². The summed E-state index contributed by atoms with van der Waals surface area (Å²) < 4.78 is 2.27. The average Bonchev–Trinajstić information content (AvgIpc) is 3.69. The minimum Gasteiger partial charge on any atom is -0.278 e. The second-order valence-corrected chi connectivity index (χ2v) is 15.3. The van der Waals surface area contributed by atoms with Crippen molar-refractivity contribution < 1.29 is 0 Å². The van der Waals surface area contributed by atoms with Crippen molar-refractivity contribution in [1.29, 1.82) is 0 Å². The fourth-order valence-electron chi connectivity index (χ4n) is 9.17. The number of aryl methyl sites for hydroxylation is 1. The zero-order valence-corrected chi connectivity index (χ0v) is 30.3. The quantitative estimate of drug-likeness (QED) is 0.184. The predicted molar refractivity (Wildman–Crippen MR) is 225 cm³/mol. The summed E-state index contributed by atoms with van der Waals surface area (Å²) in [6, 6.07) is 55.2. The Morgan fingerprint density at radius 1 is 0.537 bits per heavy atom. The average molecular weight is 692 g/mol. The Balaban J connectivity index is 1.09. The van der Waals surface area contributed by atoms with E-state index in [-0.39, 0.29) is 5.41 Å². The van der Waals surface area contributed by atoms with Crippen molar-refractivity contribution in [2.75, 3.05) is 0 Å². The normalized spacial score (nSPS) is 14.0. The van der Waals surface area contributed by atoms with Gasteiger partial charge in [0.05, 0.1) is 22.2 Å². The molecular weight excluding hydrogens is 655 g/mol. The molecular formula is C51H37N3. The first-order valence-corrected chi connectivity index (χ1v) is 19.0. The van der Waals surface area contributed by atoms with Gasteiger partial charge in [-0.15, -0.1) is 0 Å². The minimum absolute atomic E-state index is 0.0387. The molecule has 0 unspecified atom stereocenters. The SMILES string of the molecule is CC1(C)c2ccccc2-c2ccc(-c3cccc(-c4ccc5c(c4)c4c6c(ccc4n5-c4nc(-c5ccccc5)c5ccccc5n4)CCC=C6)c3)cc21. The standard InChI is InChI=1S/C51H37N3/c1-51(2)43-21-10-8-19-39(43)40-26-23-37(31-44(40)51)35-17-12-16-34(29-35)36-25-27-46-42(30-36)48-38-18-7-6-13-32(38)24-28-47(48)54(46)50-52-45-22-11-9-20-41(45)49(53-50)33-14-4-3-5-15-33/h3-5,7-12,14-31H,6,13H2,1-2H3. The van der Waals surface area contributed by atoms with Gasteiger partial charge in [0, 0.05) is 27.1 Å². The molecule has 0 N–H and O–H groups in total. The van der Waals surface area contributed by atoms with Crippen LogP contribution in [-0.2, 0) is 11.8 Å². The van der Waals surface area contributed by atoms with Gasteiger partial charge in [-0.2, -0.15) is 0 Å². The highest BCUT2D eigenvalue weighted by molar-refractivity contribution is 6.14. The minimum atomic E-state index is -0.0387. The molecule has 54 heavy (non-hydrogen) atoms. The Kier molecular flexibility index (Phi) is 6.72. The van der Waals surface area contributed by atoms with E-state index < -0.39 is 0 Å². The second kappa shape index (κ2) is 11.7. The molecule has 0 saturated heterocycles. The van der Waals surface area contributed by atoms with Crippen LogP contribution < -0.4 is 0 Å². The molecule has 0 fully saturated rings. The summed E-state index contributed by atoms with van der Waals surface area (Å²) in [6.07, 6.45) is 6.75. The summed E-state index contributed by atoms with van der Waals surface area (Å²) in [6.45, 7) is 4.70. The van der Waals surface area contributed by atoms with Crippen molar-refractivity contribution in [1.82, 2.24) is 14.5 Å². The number of nitrogens with zero attached hydrogens (tertiary/aromatic N) is 3. The molecule has 2 aromatic heterocycles. The van der Waals surface area contributed by atoms with E-state index in [0.717, 1.165) is 46.0 Å². The van der Waals surface area contributed by atoms with Crippen LogP contribution >= 0.6 is 0 Å². The number of allylic oxidation sites excluding steroid dienone is 1. The van der Waals surface area contributed by atoms with Crippen LogP contribution in [0.4, 0.5) is 0 Å². The van der Waals surface area contributed by atoms with Gasteiger partial charge in [0.2, 0.25) is 5.95 Å². The summed E-state index contributed by atoms with van der Waals surface area (Å²) in [5, 5.41) is 3.52. The van der Waals surface area contributed by atoms with Gasteiger partial charge < -0.3 is 0 Å². The van der Waals surface area contributed by atoms with Crippen molar-refractivity contribution in [2.24, 2.45) is 0 Å². The monoisotopic (exact) mass is 691 g/mol. The number of fused-ring (bicyclic) bond motifs is 9. The molecule has 3 nitrogen and oxygen atoms in total. The van der Waals surface area contributed by atoms with Crippen molar-refractivity contribution in [3.63, 3.8) is 0 Å². The summed E-state index contributed by atoms with van der Waals surface area (Å²) in [5.74, 6) is 0.684. The van der Waals surface area contributed by atoms with Crippen molar-refractivity contribution in [2.45, 2.75) is 32.1 Å². The van der Waals surface area contributed by atoms with Crippen LogP contribution in [0.1, 0.15) is 42.5 Å². The van der Waals surface area contributed by atoms with Crippen LogP contribution in [0, 0.1) is 0 Å². The van der Waals surface area contributed by atoms with E-state index in [4.69, 9.17) is 9.97 Å². The van der Waals surface area contributed by atoms with E-state index in [1.165, 1.54) is 66.4 Å². The van der Waals surface area contributed by atoms with Gasteiger partial charge in [-0.1, -0.05) is 141 Å². The third-order valence-electron chi connectivity index (χ3n) is 11.9. The molecule has 0 atom stereocenters. The van der Waals surface area contributed by atoms with Crippen molar-refractivity contribution in [3.05, 3.63) is 180 Å². The molecule has 0 aliphatic heterocycles. The van der Waals surface area contributed by atoms with Gasteiger partial charge in [-0.05, 0) is 105 Å². The molecule has 0 spiro atoms. The van der Waals surface area contributed by atoms with Gasteiger partial charge in [-0.3, -0.25) is 4.57 Å². The number of hydrogen-bond donors (Lipinski definition) is 0. The number of rotatable bonds is 4. The Labute approximate surface area is 314 Å². The summed E-state index contributed by atoms with van der Waals surface area (Å²) in [7, 11) is 0. The van der Waals surface area contributed by atoms with Crippen molar-refractivity contribution >= 4 is 38.8 Å². The predicted octanol–water partition coefficient (Wildman–Crippen LogP) is 13.0. The highest BCUT2D eigenvalue weighted by atomic mass is 15.2. The first-order chi connectivity index (χ1) is 26.5. The lowest BCUT2D eigenvalue weighted by molar-refractivity contribution is 0.660. The first kappa shape index (κ1) is 31.0. The van der Waals surface area contributed by atoms with E-state index in [1.807, 2.05) is 0 Å². The molecule has 7 aromatic carbocycles. The molecule has 256 valence electrons. The maximum absolute atomic E-state index is 5.33. The molecule has 0 amide bonds. The highest BCUT2D eigenvalue weighted by Gasteiger charge is 2.35. The van der Waals surface area contributed by atoms with E-state index in [9.17, 15) is 0 Å². The van der Waals surface area contributed by atoms with Crippen LogP contribution in [-0.4, -0.2) is 14.5 Å². The Bertz CT molecular complexity index is 3020. The summed E-state index contributed by atoms with van der Waals surface area (Å²) >= 11 is 0. The third kappa shape index (κ3) is 4.61. The smallest absolute Gasteiger partial charge is 0.235 e. The lowest BCUT2D eigenvalue weighted by Gasteiger charge is -2.22. The topological polar surface area (TPSA) is 30.7 Å². The molecule has 0 bridgehead atoms. The number of hydrogen-bond acceptors (Lipinski definition) is 2. The fourth-order valence-corrected chi connectivity index (χ4v) is 9.17. The van der Waals surface area contributed by atoms with Crippen molar-refractivity contribution in [3.8, 4) is 50.6 Å². The maximum atomic E-state index is 5.33. The van der Waals surface area contributed by atoms with Crippen LogP contribution in [0.25, 0.3) is 89.4 Å². The van der Waals surface area contributed by atoms with E-state index >= 15 is 0 Å². The second-order valence-electron chi connectivity index (χ2n) is 15.3. The molecule has 9 aromatic rings. The fraction of sp³-hybridized carbons (Fsp3) is 0.0980. The maximum Gasteiger partial charge on any atom is 0.235 e. The summed E-state index contributed by atoms with van der Waals surface area (Å²) in [5.41, 5.74) is 18.2. The zero-order chi connectivity index (χ0) is 36.0. The number of benzene rings is 7. The molecule has 0 saturated carbocycles. The van der Waals surface area contributed by atoms with Crippen LogP contribution in [0.5, 0.6) is 0 Å². The van der Waals surface area contributed by atoms with Gasteiger partial charge in [0.15, 0.2) is 0 Å². The zero-order valence-electron chi connectivity index (χ0n) is 30.3. The lowest BCUT2D eigenvalue weighted by atomic mass is 9.81. The highest BCUT2D eigenvalue weighted by Crippen LogP contribution is 2.49. The van der Waals surface area contributed by atoms with Crippen LogP contribution in [0.2, 0.25) is 0 Å². The number of aromatic nitrogens is 3. The Morgan fingerprint density at radius 3 is 2.13 bits per heavy atom. The molecule has 2 aliphatic rings. The van der Waals surface area contributed by atoms with E-state index in [1.54, 1.807) is 0 Å². The number of para-hydroxylation sites is 1. The van der Waals surface area contributed by atoms with Gasteiger partial charge in [0.1, 0.15) is 0 Å². The Hall–Kier alpha value is -6.58. The van der Waals surface area contributed by atoms with Gasteiger partial charge in [-0.25, -0.2) is 9.97 Å². The molecule has 11 rings (SSSR count).